The summed E-state index contributed by atoms with van der Waals surface area (Å²) in [5.74, 6) is 0.787. The van der Waals surface area contributed by atoms with Crippen molar-refractivity contribution in [1.29, 1.82) is 0 Å². The molecule has 1 fully saturated rings. The second-order valence-corrected chi connectivity index (χ2v) is 7.60. The smallest absolute Gasteiger partial charge is 0.259 e. The third kappa shape index (κ3) is 5.09. The maximum Gasteiger partial charge on any atom is 0.259 e. The van der Waals surface area contributed by atoms with E-state index in [0.29, 0.717) is 23.6 Å². The highest BCUT2D eigenvalue weighted by Crippen LogP contribution is 2.31. The lowest BCUT2D eigenvalue weighted by Gasteiger charge is -2.25. The van der Waals surface area contributed by atoms with E-state index in [2.05, 4.69) is 46.9 Å². The minimum Gasteiger partial charge on any atom is -0.492 e. The molecule has 6 nitrogen and oxygen atoms in total. The number of carbonyl (C=O) groups is 1. The predicted molar refractivity (Wildman–Crippen MR) is 126 cm³/mol. The van der Waals surface area contributed by atoms with Crippen LogP contribution >= 0.6 is 12.4 Å². The van der Waals surface area contributed by atoms with Crippen molar-refractivity contribution >= 4 is 24.0 Å². The fraction of sp³-hybridized carbons (Fsp3) is 0.333. The first-order valence-corrected chi connectivity index (χ1v) is 10.6. The molecule has 7 heteroatoms. The van der Waals surface area contributed by atoms with Crippen molar-refractivity contribution in [1.82, 2.24) is 15.1 Å². The molecule has 2 N–H and O–H groups in total. The highest BCUT2D eigenvalue weighted by Gasteiger charge is 2.27. The molecule has 1 aromatic heterocycles. The molecular formula is C24H29ClN4O2. The van der Waals surface area contributed by atoms with Gasteiger partial charge in [0.2, 0.25) is 0 Å². The van der Waals surface area contributed by atoms with Crippen LogP contribution in [0.5, 0.6) is 5.75 Å². The van der Waals surface area contributed by atoms with Crippen LogP contribution in [-0.4, -0.2) is 35.4 Å². The number of para-hydroxylation sites is 2. The van der Waals surface area contributed by atoms with Crippen LogP contribution in [0.1, 0.15) is 47.3 Å². The van der Waals surface area contributed by atoms with E-state index in [1.807, 2.05) is 35.9 Å². The Morgan fingerprint density at radius 1 is 1.16 bits per heavy atom. The number of anilines is 1. The zero-order valence-corrected chi connectivity index (χ0v) is 18.7. The standard InChI is InChI=1S/C24H28N4O2.ClH/c1-3-30-22-7-5-4-6-21(22)27-24(29)20-16-26-28(19-10-8-17(2)9-11-19)23(20)18-12-14-25-15-13-18;/h4-11,16,18,25H,3,12-15H2,1-2H3,(H,27,29);1H. The number of halogens is 1. The van der Waals surface area contributed by atoms with E-state index in [0.717, 1.165) is 37.3 Å². The summed E-state index contributed by atoms with van der Waals surface area (Å²) in [4.78, 5) is 13.3. The predicted octanol–water partition coefficient (Wildman–Crippen LogP) is 4.72. The Kier molecular flexibility index (Phi) is 7.71. The molecule has 1 aliphatic heterocycles. The van der Waals surface area contributed by atoms with E-state index in [1.165, 1.54) is 5.56 Å². The normalized spacial score (nSPS) is 14.0. The Morgan fingerprint density at radius 3 is 2.58 bits per heavy atom. The number of nitrogens with zero attached hydrogens (tertiary/aromatic N) is 2. The second-order valence-electron chi connectivity index (χ2n) is 7.60. The summed E-state index contributed by atoms with van der Waals surface area (Å²) < 4.78 is 7.59. The van der Waals surface area contributed by atoms with E-state index < -0.39 is 0 Å². The number of aryl methyl sites for hydroxylation is 1. The second kappa shape index (κ2) is 10.5. The van der Waals surface area contributed by atoms with Gasteiger partial charge in [-0.05, 0) is 64.0 Å². The number of amides is 1. The fourth-order valence-electron chi connectivity index (χ4n) is 3.95. The van der Waals surface area contributed by atoms with Gasteiger partial charge in [0.1, 0.15) is 5.75 Å². The van der Waals surface area contributed by atoms with Crippen molar-refractivity contribution < 1.29 is 9.53 Å². The van der Waals surface area contributed by atoms with Crippen molar-refractivity contribution in [2.24, 2.45) is 0 Å². The van der Waals surface area contributed by atoms with Crippen LogP contribution in [0.15, 0.2) is 54.7 Å². The quantitative estimate of drug-likeness (QED) is 0.582. The third-order valence-electron chi connectivity index (χ3n) is 5.49. The summed E-state index contributed by atoms with van der Waals surface area (Å²) in [5, 5.41) is 11.1. The summed E-state index contributed by atoms with van der Waals surface area (Å²) in [6.07, 6.45) is 3.65. The molecule has 4 rings (SSSR count). The molecule has 0 radical (unpaired) electrons. The number of piperidine rings is 1. The number of ether oxygens (including phenoxy) is 1. The molecule has 1 aliphatic rings. The summed E-state index contributed by atoms with van der Waals surface area (Å²) in [6.45, 7) is 6.42. The number of hydrogen-bond acceptors (Lipinski definition) is 4. The number of rotatable bonds is 6. The van der Waals surface area contributed by atoms with Crippen LogP contribution in [0.25, 0.3) is 5.69 Å². The summed E-state index contributed by atoms with van der Waals surface area (Å²) in [7, 11) is 0. The molecule has 3 aromatic rings. The zero-order chi connectivity index (χ0) is 20.9. The topological polar surface area (TPSA) is 68.2 Å². The zero-order valence-electron chi connectivity index (χ0n) is 17.9. The van der Waals surface area contributed by atoms with Gasteiger partial charge < -0.3 is 15.4 Å². The maximum absolute atomic E-state index is 13.3. The molecule has 0 spiro atoms. The number of hydrogen-bond donors (Lipinski definition) is 2. The first-order chi connectivity index (χ1) is 14.7. The van der Waals surface area contributed by atoms with Gasteiger partial charge in [-0.3, -0.25) is 4.79 Å². The third-order valence-corrected chi connectivity index (χ3v) is 5.49. The van der Waals surface area contributed by atoms with Crippen LogP contribution in [-0.2, 0) is 0 Å². The van der Waals surface area contributed by atoms with Gasteiger partial charge in [-0.1, -0.05) is 29.8 Å². The van der Waals surface area contributed by atoms with E-state index in [-0.39, 0.29) is 24.2 Å². The monoisotopic (exact) mass is 440 g/mol. The SMILES string of the molecule is CCOc1ccccc1NC(=O)c1cnn(-c2ccc(C)cc2)c1C1CCNCC1.Cl. The van der Waals surface area contributed by atoms with E-state index in [9.17, 15) is 4.79 Å². The number of carbonyl (C=O) groups excluding carboxylic acids is 1. The van der Waals surface area contributed by atoms with Crippen LogP contribution in [0.4, 0.5) is 5.69 Å². The lowest BCUT2D eigenvalue weighted by molar-refractivity contribution is 0.102. The van der Waals surface area contributed by atoms with Crippen molar-refractivity contribution in [2.45, 2.75) is 32.6 Å². The van der Waals surface area contributed by atoms with Gasteiger partial charge in [-0.25, -0.2) is 4.68 Å². The number of nitrogens with one attached hydrogen (secondary N) is 2. The molecule has 1 saturated heterocycles. The first-order valence-electron chi connectivity index (χ1n) is 10.6. The lowest BCUT2D eigenvalue weighted by Crippen LogP contribution is -2.29. The molecule has 0 unspecified atom stereocenters. The van der Waals surface area contributed by atoms with E-state index >= 15 is 0 Å². The van der Waals surface area contributed by atoms with Gasteiger partial charge in [0.15, 0.2) is 0 Å². The van der Waals surface area contributed by atoms with Gasteiger partial charge >= 0.3 is 0 Å². The number of benzene rings is 2. The van der Waals surface area contributed by atoms with Crippen LogP contribution in [0.2, 0.25) is 0 Å². The van der Waals surface area contributed by atoms with Gasteiger partial charge in [-0.15, -0.1) is 12.4 Å². The van der Waals surface area contributed by atoms with Gasteiger partial charge in [0.05, 0.1) is 35.4 Å². The first kappa shape index (κ1) is 22.8. The maximum atomic E-state index is 13.3. The lowest BCUT2D eigenvalue weighted by atomic mass is 9.91. The van der Waals surface area contributed by atoms with Gasteiger partial charge in [-0.2, -0.15) is 5.10 Å². The van der Waals surface area contributed by atoms with Crippen LogP contribution < -0.4 is 15.4 Å². The average molecular weight is 441 g/mol. The minimum absolute atomic E-state index is 0. The molecule has 31 heavy (non-hydrogen) atoms. The Morgan fingerprint density at radius 2 is 1.87 bits per heavy atom. The Bertz CT molecular complexity index is 1010. The molecule has 2 heterocycles. The molecule has 0 aliphatic carbocycles. The Balaban J connectivity index is 0.00000272. The molecule has 0 bridgehead atoms. The molecule has 164 valence electrons. The van der Waals surface area contributed by atoms with E-state index in [1.54, 1.807) is 6.20 Å². The number of aromatic nitrogens is 2. The van der Waals surface area contributed by atoms with Crippen LogP contribution in [0.3, 0.4) is 0 Å². The highest BCUT2D eigenvalue weighted by molar-refractivity contribution is 6.05. The largest absolute Gasteiger partial charge is 0.492 e. The molecule has 1 amide bonds. The molecule has 0 atom stereocenters. The Hall–Kier alpha value is -2.83. The van der Waals surface area contributed by atoms with E-state index in [4.69, 9.17) is 4.74 Å². The molecular weight excluding hydrogens is 412 g/mol. The molecule has 2 aromatic carbocycles. The van der Waals surface area contributed by atoms with Crippen molar-refractivity contribution in [2.75, 3.05) is 25.0 Å². The average Bonchev–Trinajstić information content (AvgIpc) is 3.22. The summed E-state index contributed by atoms with van der Waals surface area (Å²) in [5.41, 5.74) is 4.44. The summed E-state index contributed by atoms with van der Waals surface area (Å²) in [6, 6.07) is 15.8. The highest BCUT2D eigenvalue weighted by atomic mass is 35.5. The van der Waals surface area contributed by atoms with Gasteiger partial charge in [0.25, 0.3) is 5.91 Å². The van der Waals surface area contributed by atoms with Gasteiger partial charge in [0, 0.05) is 5.92 Å². The van der Waals surface area contributed by atoms with Crippen molar-refractivity contribution in [3.8, 4) is 11.4 Å². The van der Waals surface area contributed by atoms with Crippen molar-refractivity contribution in [3.05, 3.63) is 71.5 Å². The molecule has 0 saturated carbocycles. The minimum atomic E-state index is -0.158. The Labute approximate surface area is 189 Å². The fourth-order valence-corrected chi connectivity index (χ4v) is 3.95. The van der Waals surface area contributed by atoms with Crippen LogP contribution in [0, 0.1) is 6.92 Å². The van der Waals surface area contributed by atoms with Crippen molar-refractivity contribution in [3.63, 3.8) is 0 Å². The summed E-state index contributed by atoms with van der Waals surface area (Å²) >= 11 is 0.